The number of benzene rings is 2. The maximum Gasteiger partial charge on any atom is 0.330 e. The smallest absolute Gasteiger partial charge is 0.330 e. The molecule has 0 spiro atoms. The second-order valence-corrected chi connectivity index (χ2v) is 13.3. The van der Waals surface area contributed by atoms with Gasteiger partial charge in [-0.15, -0.1) is 0 Å². The van der Waals surface area contributed by atoms with Crippen LogP contribution in [0.25, 0.3) is 12.2 Å². The average molecular weight is 573 g/mol. The fourth-order valence-electron chi connectivity index (χ4n) is 6.15. The normalized spacial score (nSPS) is 23.4. The number of fused-ring (bicyclic) bond motifs is 2. The van der Waals surface area contributed by atoms with Gasteiger partial charge in [-0.05, 0) is 71.8 Å². The Balaban J connectivity index is 0.000000271. The fraction of sp³-hybridized carbons (Fsp3) is 0.500. The Labute approximate surface area is 254 Å². The lowest BCUT2D eigenvalue weighted by Crippen LogP contribution is -2.38. The van der Waals surface area contributed by atoms with E-state index in [0.717, 1.165) is 24.2 Å². The van der Waals surface area contributed by atoms with Crippen molar-refractivity contribution < 1.29 is 19.0 Å². The lowest BCUT2D eigenvalue weighted by atomic mass is 9.70. The molecule has 2 fully saturated rings. The van der Waals surface area contributed by atoms with Crippen molar-refractivity contribution >= 4 is 18.1 Å². The Bertz CT molecular complexity index is 1210. The minimum atomic E-state index is -0.274. The molecule has 0 aromatic heterocycles. The molecule has 228 valence electrons. The van der Waals surface area contributed by atoms with Crippen LogP contribution in [0.15, 0.2) is 73.3 Å². The summed E-state index contributed by atoms with van der Waals surface area (Å²) in [5.74, 6) is 1.27. The van der Waals surface area contributed by atoms with Gasteiger partial charge in [-0.1, -0.05) is 116 Å². The van der Waals surface area contributed by atoms with Gasteiger partial charge in [-0.3, -0.25) is 0 Å². The highest BCUT2D eigenvalue weighted by Gasteiger charge is 2.62. The van der Waals surface area contributed by atoms with E-state index in [0.29, 0.717) is 17.9 Å². The molecule has 4 nitrogen and oxygen atoms in total. The van der Waals surface area contributed by atoms with Gasteiger partial charge in [0.05, 0.1) is 0 Å². The fourth-order valence-corrected chi connectivity index (χ4v) is 6.15. The van der Waals surface area contributed by atoms with Gasteiger partial charge < -0.3 is 14.2 Å². The molecule has 2 saturated carbocycles. The van der Waals surface area contributed by atoms with Crippen LogP contribution >= 0.6 is 0 Å². The molecule has 0 saturated heterocycles. The third kappa shape index (κ3) is 8.25. The molecule has 4 unspecified atom stereocenters. The minimum Gasteiger partial charge on any atom is -0.465 e. The number of carbonyl (C=O) groups excluding carboxylic acids is 1. The summed E-state index contributed by atoms with van der Waals surface area (Å²) in [6.07, 6.45) is 13.8. The lowest BCUT2D eigenvalue weighted by molar-refractivity contribution is -0.150. The largest absolute Gasteiger partial charge is 0.465 e. The first-order chi connectivity index (χ1) is 19.8. The number of esters is 1. The third-order valence-corrected chi connectivity index (χ3v) is 9.44. The number of rotatable bonds is 10. The average Bonchev–Trinajstić information content (AvgIpc) is 3.29. The maximum atomic E-state index is 11.3. The molecule has 2 aliphatic rings. The predicted octanol–water partition coefficient (Wildman–Crippen LogP) is 9.79. The van der Waals surface area contributed by atoms with Gasteiger partial charge in [-0.2, -0.15) is 0 Å². The summed E-state index contributed by atoms with van der Waals surface area (Å²) in [5, 5.41) is 0. The number of hydrogen-bond donors (Lipinski definition) is 0. The van der Waals surface area contributed by atoms with Crippen molar-refractivity contribution in [2.75, 3.05) is 6.61 Å². The van der Waals surface area contributed by atoms with E-state index in [2.05, 4.69) is 116 Å². The van der Waals surface area contributed by atoms with E-state index in [9.17, 15) is 4.79 Å². The van der Waals surface area contributed by atoms with Crippen LogP contribution in [0.1, 0.15) is 97.8 Å². The summed E-state index contributed by atoms with van der Waals surface area (Å²) < 4.78 is 16.8. The van der Waals surface area contributed by atoms with E-state index >= 15 is 0 Å². The van der Waals surface area contributed by atoms with E-state index in [1.165, 1.54) is 30.0 Å². The molecule has 0 heterocycles. The summed E-state index contributed by atoms with van der Waals surface area (Å²) in [5.41, 5.74) is 4.36. The first kappa shape index (κ1) is 33.4. The van der Waals surface area contributed by atoms with Gasteiger partial charge >= 0.3 is 5.97 Å². The summed E-state index contributed by atoms with van der Waals surface area (Å²) in [4.78, 5) is 11.3. The topological polar surface area (TPSA) is 44.8 Å². The van der Waals surface area contributed by atoms with Crippen LogP contribution in [0.5, 0.6) is 5.75 Å². The van der Waals surface area contributed by atoms with E-state index in [1.54, 1.807) is 0 Å². The van der Waals surface area contributed by atoms with Gasteiger partial charge in [0.25, 0.3) is 0 Å². The summed E-state index contributed by atoms with van der Waals surface area (Å²) in [6, 6.07) is 16.8. The standard InChI is InChI=1S/C25H32O2.C13H20O2/c1-6-24(26-7-2)27-23-18-14-21(15-19-23)11-9-8-10-20-12-16-22(17-13-20)25(3,4)5;1-5-11(14)15-10-8-9-6-7-13(10,4)12(9,2)3/h8-19,24H,6-7H2,1-5H3;5,9-10H,1,6-8H2,2-4H3. The van der Waals surface area contributed by atoms with Crippen LogP contribution in [0, 0.1) is 16.7 Å². The van der Waals surface area contributed by atoms with Crippen LogP contribution in [0.4, 0.5) is 0 Å². The first-order valence-electron chi connectivity index (χ1n) is 15.5. The number of carbonyl (C=O) groups is 1. The van der Waals surface area contributed by atoms with Gasteiger partial charge in [0, 0.05) is 24.5 Å². The highest BCUT2D eigenvalue weighted by Crippen LogP contribution is 2.66. The second-order valence-electron chi connectivity index (χ2n) is 13.3. The van der Waals surface area contributed by atoms with Crippen molar-refractivity contribution in [3.8, 4) is 5.75 Å². The van der Waals surface area contributed by atoms with Crippen molar-refractivity contribution in [1.29, 1.82) is 0 Å². The monoisotopic (exact) mass is 572 g/mol. The van der Waals surface area contributed by atoms with Crippen LogP contribution < -0.4 is 4.74 Å². The van der Waals surface area contributed by atoms with Crippen molar-refractivity contribution in [3.63, 3.8) is 0 Å². The zero-order valence-electron chi connectivity index (χ0n) is 27.1. The summed E-state index contributed by atoms with van der Waals surface area (Å²) in [6.45, 7) is 21.7. The van der Waals surface area contributed by atoms with Gasteiger partial charge in [0.1, 0.15) is 11.9 Å². The number of hydrogen-bond acceptors (Lipinski definition) is 4. The molecule has 2 aromatic carbocycles. The van der Waals surface area contributed by atoms with E-state index < -0.39 is 0 Å². The zero-order chi connectivity index (χ0) is 31.0. The molecule has 2 aromatic rings. The second kappa shape index (κ2) is 14.4. The number of allylic oxidation sites excluding steroid dienone is 2. The third-order valence-electron chi connectivity index (χ3n) is 9.44. The van der Waals surface area contributed by atoms with E-state index in [-0.39, 0.29) is 29.2 Å². The molecule has 0 N–H and O–H groups in total. The molecular formula is C38H52O4. The first-order valence-corrected chi connectivity index (χ1v) is 15.5. The predicted molar refractivity (Wildman–Crippen MR) is 175 cm³/mol. The van der Waals surface area contributed by atoms with Crippen LogP contribution in [-0.2, 0) is 19.7 Å². The Kier molecular flexibility index (Phi) is 11.4. The molecule has 4 atom stereocenters. The van der Waals surface area contributed by atoms with Crippen molar-refractivity contribution in [1.82, 2.24) is 0 Å². The highest BCUT2D eigenvalue weighted by atomic mass is 16.7. The van der Waals surface area contributed by atoms with Crippen LogP contribution in [-0.4, -0.2) is 25.0 Å². The van der Waals surface area contributed by atoms with E-state index in [1.807, 2.05) is 19.1 Å². The van der Waals surface area contributed by atoms with Gasteiger partial charge in [-0.25, -0.2) is 4.79 Å². The van der Waals surface area contributed by atoms with Gasteiger partial charge in [0.2, 0.25) is 0 Å². The molecule has 4 heteroatoms. The minimum absolute atomic E-state index is 0.0942. The SMILES string of the molecule is C=CC(=O)OC1CC2CCC1(C)C2(C)C.CCOC(CC)Oc1ccc(C=CC=Cc2ccc(C(C)(C)C)cc2)cc1. The maximum absolute atomic E-state index is 11.3. The Morgan fingerprint density at radius 3 is 1.98 bits per heavy atom. The van der Waals surface area contributed by atoms with Crippen LogP contribution in [0.3, 0.4) is 0 Å². The zero-order valence-corrected chi connectivity index (χ0v) is 27.1. The molecule has 0 radical (unpaired) electrons. The van der Waals surface area contributed by atoms with Crippen molar-refractivity contribution in [2.45, 2.75) is 98.9 Å². The molecule has 0 amide bonds. The quantitative estimate of drug-likeness (QED) is 0.123. The molecule has 2 bridgehead atoms. The van der Waals surface area contributed by atoms with Crippen LogP contribution in [0.2, 0.25) is 0 Å². The molecule has 2 aliphatic carbocycles. The summed E-state index contributed by atoms with van der Waals surface area (Å²) in [7, 11) is 0. The Hall–Kier alpha value is -3.11. The molecule has 42 heavy (non-hydrogen) atoms. The molecular weight excluding hydrogens is 520 g/mol. The Morgan fingerprint density at radius 2 is 1.55 bits per heavy atom. The molecule has 4 rings (SSSR count). The highest BCUT2D eigenvalue weighted by molar-refractivity contribution is 5.81. The van der Waals surface area contributed by atoms with E-state index in [4.69, 9.17) is 14.2 Å². The lowest BCUT2D eigenvalue weighted by Gasteiger charge is -2.38. The van der Waals surface area contributed by atoms with Crippen molar-refractivity contribution in [2.24, 2.45) is 16.7 Å². The number of ether oxygens (including phenoxy) is 3. The summed E-state index contributed by atoms with van der Waals surface area (Å²) >= 11 is 0. The molecule has 0 aliphatic heterocycles. The van der Waals surface area contributed by atoms with Gasteiger partial charge in [0.15, 0.2) is 6.29 Å². The Morgan fingerprint density at radius 1 is 0.976 bits per heavy atom. The van der Waals surface area contributed by atoms with Crippen molar-refractivity contribution in [3.05, 3.63) is 90.0 Å².